The van der Waals surface area contributed by atoms with Crippen molar-refractivity contribution in [3.63, 3.8) is 0 Å². The van der Waals surface area contributed by atoms with Gasteiger partial charge in [-0.15, -0.1) is 0 Å². The highest BCUT2D eigenvalue weighted by atomic mass is 32.1. The number of aromatic nitrogens is 1. The molecule has 2 aromatic rings. The van der Waals surface area contributed by atoms with Gasteiger partial charge in [0.1, 0.15) is 16.7 Å². The Balaban J connectivity index is 2.41. The number of carbonyl (C=O) groups excluding carboxylic acids is 3. The molecular formula is C18H25N5O4S. The summed E-state index contributed by atoms with van der Waals surface area (Å²) in [6, 6.07) is 2.63. The first-order valence-electron chi connectivity index (χ1n) is 8.75. The highest BCUT2D eigenvalue weighted by molar-refractivity contribution is 7.09. The Labute approximate surface area is 167 Å². The Morgan fingerprint density at radius 3 is 2.50 bits per heavy atom. The number of rotatable bonds is 7. The van der Waals surface area contributed by atoms with Crippen molar-refractivity contribution in [2.45, 2.75) is 52.2 Å². The summed E-state index contributed by atoms with van der Waals surface area (Å²) in [6.45, 7) is 7.44. The second-order valence-corrected chi connectivity index (χ2v) is 8.09. The molecule has 2 aromatic heterocycles. The average molecular weight is 407 g/mol. The number of nitrogens with two attached hydrogens (primary N) is 2. The predicted molar refractivity (Wildman–Crippen MR) is 106 cm³/mol. The van der Waals surface area contributed by atoms with Crippen LogP contribution in [0.3, 0.4) is 0 Å². The predicted octanol–water partition coefficient (Wildman–Crippen LogP) is 1.75. The Morgan fingerprint density at radius 2 is 2.04 bits per heavy atom. The number of nitrogen functional groups attached to an aromatic ring is 1. The van der Waals surface area contributed by atoms with Crippen LogP contribution in [0.2, 0.25) is 0 Å². The maximum atomic E-state index is 13.2. The highest BCUT2D eigenvalue weighted by Gasteiger charge is 2.34. The fraction of sp³-hybridized carbons (Fsp3) is 0.444. The number of nitrogens with zero attached hydrogens (tertiary/aromatic N) is 2. The Hall–Kier alpha value is -2.88. The molecule has 10 heteroatoms. The van der Waals surface area contributed by atoms with E-state index in [1.807, 2.05) is 20.8 Å². The molecule has 2 heterocycles. The Morgan fingerprint density at radius 1 is 1.36 bits per heavy atom. The molecule has 1 atom stereocenters. The van der Waals surface area contributed by atoms with E-state index in [1.165, 1.54) is 11.2 Å². The summed E-state index contributed by atoms with van der Waals surface area (Å²) in [5.74, 6) is -1.13. The molecule has 1 unspecified atom stereocenters. The molecule has 9 nitrogen and oxygen atoms in total. The number of carbonyl (C=O) groups is 3. The molecule has 0 fully saturated rings. The van der Waals surface area contributed by atoms with Crippen LogP contribution in [-0.2, 0) is 11.3 Å². The molecular weight excluding hydrogens is 382 g/mol. The molecule has 0 bridgehead atoms. The van der Waals surface area contributed by atoms with Crippen LogP contribution >= 0.6 is 11.5 Å². The van der Waals surface area contributed by atoms with E-state index < -0.39 is 23.4 Å². The van der Waals surface area contributed by atoms with Crippen molar-refractivity contribution in [2.24, 2.45) is 5.73 Å². The van der Waals surface area contributed by atoms with Crippen LogP contribution in [0, 0.1) is 0 Å². The second kappa shape index (κ2) is 8.42. The second-order valence-electron chi connectivity index (χ2n) is 7.31. The molecule has 0 saturated heterocycles. The standard InChI is InChI=1S/C18H25N5O4S/c1-5-11(16(25)21-18(2,3)4)23(9-10-7-6-8-27-10)17(26)14-12(19)13(15(20)24)22-28-14/h6-8,11H,5,9,19H2,1-4H3,(H2,20,24)(H,21,25). The molecule has 0 aliphatic carbocycles. The molecule has 152 valence electrons. The third-order valence-corrected chi connectivity index (χ3v) is 4.74. The van der Waals surface area contributed by atoms with Crippen LogP contribution in [-0.4, -0.2) is 38.6 Å². The zero-order valence-electron chi connectivity index (χ0n) is 16.3. The maximum absolute atomic E-state index is 13.2. The van der Waals surface area contributed by atoms with Gasteiger partial charge in [0.25, 0.3) is 11.8 Å². The largest absolute Gasteiger partial charge is 0.467 e. The summed E-state index contributed by atoms with van der Waals surface area (Å²) in [4.78, 5) is 38.9. The van der Waals surface area contributed by atoms with Gasteiger partial charge in [0.2, 0.25) is 5.91 Å². The van der Waals surface area contributed by atoms with E-state index in [0.717, 1.165) is 11.5 Å². The van der Waals surface area contributed by atoms with Crippen molar-refractivity contribution in [3.05, 3.63) is 34.7 Å². The number of hydrogen-bond donors (Lipinski definition) is 3. The van der Waals surface area contributed by atoms with Crippen LogP contribution in [0.1, 0.15) is 60.0 Å². The minimum atomic E-state index is -0.817. The number of furan rings is 1. The van der Waals surface area contributed by atoms with Gasteiger partial charge < -0.3 is 26.1 Å². The van der Waals surface area contributed by atoms with Gasteiger partial charge in [-0.1, -0.05) is 6.92 Å². The highest BCUT2D eigenvalue weighted by Crippen LogP contribution is 2.26. The SMILES string of the molecule is CCC(C(=O)NC(C)(C)C)N(Cc1ccco1)C(=O)c1snc(C(N)=O)c1N. The van der Waals surface area contributed by atoms with E-state index in [-0.39, 0.29) is 28.7 Å². The first-order valence-corrected chi connectivity index (χ1v) is 9.52. The summed E-state index contributed by atoms with van der Waals surface area (Å²) in [5, 5.41) is 2.89. The van der Waals surface area contributed by atoms with E-state index in [9.17, 15) is 14.4 Å². The smallest absolute Gasteiger partial charge is 0.270 e. The van der Waals surface area contributed by atoms with Gasteiger partial charge in [-0.3, -0.25) is 14.4 Å². The zero-order valence-corrected chi connectivity index (χ0v) is 17.1. The number of hydrogen-bond acceptors (Lipinski definition) is 7. The third kappa shape index (κ3) is 4.89. The van der Waals surface area contributed by atoms with Gasteiger partial charge >= 0.3 is 0 Å². The molecule has 0 aromatic carbocycles. The first-order chi connectivity index (χ1) is 13.0. The number of primary amides is 1. The van der Waals surface area contributed by atoms with Gasteiger partial charge in [-0.2, -0.15) is 4.37 Å². The molecule has 5 N–H and O–H groups in total. The molecule has 0 radical (unpaired) electrons. The van der Waals surface area contributed by atoms with Crippen LogP contribution in [0.5, 0.6) is 0 Å². The summed E-state index contributed by atoms with van der Waals surface area (Å²) in [7, 11) is 0. The van der Waals surface area contributed by atoms with E-state index in [2.05, 4.69) is 9.69 Å². The lowest BCUT2D eigenvalue weighted by Crippen LogP contribution is -2.53. The maximum Gasteiger partial charge on any atom is 0.270 e. The Kier molecular flexibility index (Phi) is 6.45. The average Bonchev–Trinajstić information content (AvgIpc) is 3.21. The summed E-state index contributed by atoms with van der Waals surface area (Å²) in [6.07, 6.45) is 1.86. The van der Waals surface area contributed by atoms with Crippen LogP contribution in [0.4, 0.5) is 5.69 Å². The van der Waals surface area contributed by atoms with Crippen molar-refractivity contribution >= 4 is 34.9 Å². The zero-order chi connectivity index (χ0) is 21.1. The van der Waals surface area contributed by atoms with Crippen molar-refractivity contribution < 1.29 is 18.8 Å². The fourth-order valence-corrected chi connectivity index (χ4v) is 3.42. The van der Waals surface area contributed by atoms with Crippen molar-refractivity contribution in [1.29, 1.82) is 0 Å². The van der Waals surface area contributed by atoms with Crippen molar-refractivity contribution in [2.75, 3.05) is 5.73 Å². The lowest BCUT2D eigenvalue weighted by molar-refractivity contribution is -0.127. The summed E-state index contributed by atoms with van der Waals surface area (Å²) in [5.41, 5.74) is 10.4. The molecule has 0 aliphatic rings. The number of anilines is 1. The lowest BCUT2D eigenvalue weighted by Gasteiger charge is -2.32. The molecule has 28 heavy (non-hydrogen) atoms. The van der Waals surface area contributed by atoms with E-state index in [1.54, 1.807) is 19.1 Å². The third-order valence-electron chi connectivity index (χ3n) is 3.89. The number of nitrogens with one attached hydrogen (secondary N) is 1. The first kappa shape index (κ1) is 21.4. The monoisotopic (exact) mass is 407 g/mol. The van der Waals surface area contributed by atoms with Crippen LogP contribution in [0.25, 0.3) is 0 Å². The molecule has 0 aliphatic heterocycles. The van der Waals surface area contributed by atoms with Gasteiger partial charge in [-0.25, -0.2) is 0 Å². The quantitative estimate of drug-likeness (QED) is 0.638. The normalized spacial score (nSPS) is 12.4. The van der Waals surface area contributed by atoms with Gasteiger partial charge in [0.15, 0.2) is 5.69 Å². The van der Waals surface area contributed by atoms with E-state index >= 15 is 0 Å². The number of amides is 3. The molecule has 2 rings (SSSR count). The van der Waals surface area contributed by atoms with E-state index in [0.29, 0.717) is 12.2 Å². The lowest BCUT2D eigenvalue weighted by atomic mass is 10.1. The van der Waals surface area contributed by atoms with E-state index in [4.69, 9.17) is 15.9 Å². The van der Waals surface area contributed by atoms with Crippen LogP contribution < -0.4 is 16.8 Å². The minimum Gasteiger partial charge on any atom is -0.467 e. The van der Waals surface area contributed by atoms with Crippen molar-refractivity contribution in [3.8, 4) is 0 Å². The summed E-state index contributed by atoms with van der Waals surface area (Å²) >= 11 is 0.777. The summed E-state index contributed by atoms with van der Waals surface area (Å²) < 4.78 is 9.23. The van der Waals surface area contributed by atoms with Gasteiger partial charge in [-0.05, 0) is 50.9 Å². The van der Waals surface area contributed by atoms with Gasteiger partial charge in [0, 0.05) is 5.54 Å². The minimum absolute atomic E-state index is 0.0577. The molecule has 3 amide bonds. The topological polar surface area (TPSA) is 145 Å². The molecule has 0 spiro atoms. The fourth-order valence-electron chi connectivity index (χ4n) is 2.65. The Bertz CT molecular complexity index is 854. The molecule has 0 saturated carbocycles. The van der Waals surface area contributed by atoms with Crippen LogP contribution in [0.15, 0.2) is 22.8 Å². The van der Waals surface area contributed by atoms with Crippen molar-refractivity contribution in [1.82, 2.24) is 14.6 Å². The van der Waals surface area contributed by atoms with Gasteiger partial charge in [0.05, 0.1) is 18.5 Å².